The van der Waals surface area contributed by atoms with Crippen molar-refractivity contribution >= 4 is 109 Å². The fourth-order valence-corrected chi connectivity index (χ4v) is 18.6. The Morgan fingerprint density at radius 2 is 1.02 bits per heavy atom. The molecule has 16 aromatic rings. The molecule has 19 heteroatoms. The number of rotatable bonds is 11. The molecule has 16 nitrogen and oxygen atoms in total. The molecule has 0 radical (unpaired) electrons. The second kappa shape index (κ2) is 47.6. The minimum Gasteiger partial charge on any atom is -0.465 e. The summed E-state index contributed by atoms with van der Waals surface area (Å²) in [5, 5.41) is 20.3. The number of furan rings is 1. The summed E-state index contributed by atoms with van der Waals surface area (Å²) in [4.78, 5) is 42.4. The molecule has 1 N–H and O–H groups in total. The SMILES string of the molecule is CC(C)C1=Cc2cccnc2C1.CC(C)C1=Cc2cnccc2C1.CC(C)C1=Cc2ncccc2C1.CC(C)C1=Cc2occc2C1.CC(C)C1=Cc2sccc2C1.CC(C)c1cc(F)cc2nccnc12.CC(C)c1cccc2cn[nH]c12.CC(C)c1cccc2nccnc12.CC(C)c1nn(C)c2ccccc12.Cc1cc(C(C)C)n2ncnc2n1.Cc1cc2c(s1)C=C(C(C)C)C2. The molecule has 0 saturated carbocycles. The van der Waals surface area contributed by atoms with Crippen LogP contribution in [0.4, 0.5) is 4.39 Å². The van der Waals surface area contributed by atoms with Crippen molar-refractivity contribution < 1.29 is 8.81 Å². The molecule has 12 heterocycles. The number of hydrogen-bond acceptors (Lipinski definition) is 15. The van der Waals surface area contributed by atoms with Gasteiger partial charge in [0, 0.05) is 106 Å². The van der Waals surface area contributed by atoms with E-state index in [4.69, 9.17) is 4.42 Å². The van der Waals surface area contributed by atoms with Gasteiger partial charge in [0.2, 0.25) is 0 Å². The Balaban J connectivity index is 0.000000134. The predicted molar refractivity (Wildman–Crippen MR) is 566 cm³/mol. The predicted octanol–water partition coefficient (Wildman–Crippen LogP) is 30.5. The molecule has 22 rings (SSSR count). The number of aromatic amines is 1. The van der Waals surface area contributed by atoms with Crippen molar-refractivity contribution in [1.82, 2.24) is 74.4 Å². The molecule has 702 valence electrons. The molecule has 0 bridgehead atoms. The number of aromatic nitrogens is 15. The van der Waals surface area contributed by atoms with E-state index in [0.29, 0.717) is 64.6 Å². The van der Waals surface area contributed by atoms with Crippen LogP contribution in [0.1, 0.15) is 286 Å². The Bertz CT molecular complexity index is 6610. The van der Waals surface area contributed by atoms with E-state index in [1.807, 2.05) is 123 Å². The number of thiophene rings is 2. The summed E-state index contributed by atoms with van der Waals surface area (Å²) < 4.78 is 22.2. The van der Waals surface area contributed by atoms with Gasteiger partial charge in [0.15, 0.2) is 0 Å². The number of pyridine rings is 3. The lowest BCUT2D eigenvalue weighted by molar-refractivity contribution is 0.556. The number of H-pyrrole nitrogens is 1. The summed E-state index contributed by atoms with van der Waals surface area (Å²) >= 11 is 3.78. The summed E-state index contributed by atoms with van der Waals surface area (Å²) in [7, 11) is 1.99. The maximum atomic E-state index is 13.2. The van der Waals surface area contributed by atoms with Crippen LogP contribution in [0, 0.1) is 55.2 Å². The van der Waals surface area contributed by atoms with E-state index >= 15 is 0 Å². The van der Waals surface area contributed by atoms with Crippen molar-refractivity contribution in [1.29, 1.82) is 0 Å². The Morgan fingerprint density at radius 1 is 0.430 bits per heavy atom. The van der Waals surface area contributed by atoms with Crippen LogP contribution < -0.4 is 0 Å². The first-order valence-electron chi connectivity index (χ1n) is 48.0. The van der Waals surface area contributed by atoms with Gasteiger partial charge in [-0.1, -0.05) is 259 Å². The Kier molecular flexibility index (Phi) is 35.8. The topological polar surface area (TPSA) is 193 Å². The third kappa shape index (κ3) is 27.0. The molecule has 12 aromatic heterocycles. The largest absolute Gasteiger partial charge is 0.465 e. The van der Waals surface area contributed by atoms with Crippen LogP contribution in [0.3, 0.4) is 0 Å². The van der Waals surface area contributed by atoms with Crippen molar-refractivity contribution in [3.63, 3.8) is 0 Å². The molecule has 0 spiro atoms. The number of nitrogens with zero attached hydrogens (tertiary/aromatic N) is 14. The molecule has 4 aromatic carbocycles. The second-order valence-corrected chi connectivity index (χ2v) is 41.0. The second-order valence-electron chi connectivity index (χ2n) is 38.8. The number of allylic oxidation sites excluding steroid dienone is 6. The van der Waals surface area contributed by atoms with Crippen molar-refractivity contribution in [3.8, 4) is 0 Å². The van der Waals surface area contributed by atoms with Gasteiger partial charge >= 0.3 is 0 Å². The van der Waals surface area contributed by atoms with Crippen LogP contribution in [0.25, 0.3) is 86.1 Å². The maximum absolute atomic E-state index is 13.2. The first-order chi connectivity index (χ1) is 64.7. The van der Waals surface area contributed by atoms with E-state index in [0.717, 1.165) is 70.9 Å². The molecule has 0 aliphatic heterocycles. The molecule has 0 unspecified atom stereocenters. The van der Waals surface area contributed by atoms with Crippen LogP contribution >= 0.6 is 22.7 Å². The monoisotopic (exact) mass is 1840 g/mol. The van der Waals surface area contributed by atoms with Gasteiger partial charge in [0.1, 0.15) is 17.9 Å². The van der Waals surface area contributed by atoms with Crippen molar-refractivity contribution in [2.75, 3.05) is 0 Å². The number of fused-ring (bicyclic) bond motifs is 11. The zero-order valence-corrected chi connectivity index (χ0v) is 85.6. The lowest BCUT2D eigenvalue weighted by Gasteiger charge is -2.08. The van der Waals surface area contributed by atoms with Crippen LogP contribution in [-0.4, -0.2) is 74.4 Å². The summed E-state index contributed by atoms with van der Waals surface area (Å²) in [6, 6.07) is 42.8. The summed E-state index contributed by atoms with van der Waals surface area (Å²) in [5.41, 5.74) is 34.1. The molecule has 6 aliphatic carbocycles. The third-order valence-corrected chi connectivity index (χ3v) is 26.8. The highest BCUT2D eigenvalue weighted by molar-refractivity contribution is 7.13. The van der Waals surface area contributed by atoms with Gasteiger partial charge in [-0.3, -0.25) is 44.7 Å². The minimum absolute atomic E-state index is 0.248. The standard InChI is InChI=1S/C11H11FN2.C11H14N2.C11H12N2.3C11H13N.C11H14S.C10H12N2.C10H12O.C10H12S.C9H12N4/c1-7(2)9-5-8(12)6-10-11(9)14-4-3-13-10;1-8(2)11-9-6-4-5-7-10(9)13(3)12-11;1-8(2)9-4-3-5-10-11(9)13-7-6-12-10;1-8(2)10-5-9-3-4-12-7-11(9)6-10;2*1-8(2)10-6-9-4-3-5-12-11(9)7-10;1-7(2)9-5-10-4-8(3)12-11(10)6-9;1-7(2)9-5-3-4-8-6-11-12-10(8)9;2*1-7(2)9-5-8-3-4-11-10(8)6-9;1-6(2)8-4-7(3)12-9-10-5-11-13(8)9/h3-7H,1-2H3;4-8H,1-3H3;3-8H,1-2H3;3-4,6-8H,5H2,1-2H3;3-5,7-8H,6H2,1-2H3;3-6,8H,7H2,1-2H3;4,6-7H,5H2,1-3H3;3-7H,1-2H3,(H,11,12);2*3-4,6-7H,5H2,1-2H3;4-6H,1-3H3. The van der Waals surface area contributed by atoms with E-state index in [1.54, 1.807) is 52.3 Å². The first kappa shape index (κ1) is 102. The third-order valence-electron chi connectivity index (χ3n) is 24.9. The zero-order valence-electron chi connectivity index (χ0n) is 84.0. The molecular weight excluding hydrogens is 1700 g/mol. The molecule has 0 amide bonds. The number of aryl methyl sites for hydroxylation is 3. The fraction of sp³-hybridized carbons (Fsp3) is 0.362. The van der Waals surface area contributed by atoms with E-state index in [1.165, 1.54) is 152 Å². The van der Waals surface area contributed by atoms with Crippen molar-refractivity contribution in [2.24, 2.45) is 42.6 Å². The molecule has 0 fully saturated rings. The van der Waals surface area contributed by atoms with Gasteiger partial charge in [-0.05, 0) is 251 Å². The highest BCUT2D eigenvalue weighted by Crippen LogP contribution is 2.38. The van der Waals surface area contributed by atoms with Crippen molar-refractivity contribution in [3.05, 3.63) is 345 Å². The maximum Gasteiger partial charge on any atom is 0.252 e. The van der Waals surface area contributed by atoms with Crippen LogP contribution in [0.2, 0.25) is 0 Å². The van der Waals surface area contributed by atoms with Gasteiger partial charge in [-0.2, -0.15) is 20.3 Å². The molecule has 0 saturated heterocycles. The number of nitrogens with one attached hydrogen (secondary N) is 1. The summed E-state index contributed by atoms with van der Waals surface area (Å²) in [5.74, 6) is 7.78. The van der Waals surface area contributed by atoms with Crippen LogP contribution in [0.5, 0.6) is 0 Å². The molecule has 0 atom stereocenters. The van der Waals surface area contributed by atoms with Gasteiger partial charge in [0.05, 0.1) is 68.3 Å². The highest BCUT2D eigenvalue weighted by Gasteiger charge is 2.23. The average Bonchev–Trinajstić information content (AvgIpc) is 1.71. The Hall–Kier alpha value is -12.5. The minimum atomic E-state index is -0.248. The lowest BCUT2D eigenvalue weighted by Crippen LogP contribution is -2.03. The van der Waals surface area contributed by atoms with E-state index in [2.05, 4.69) is 331 Å². The average molecular weight is 1840 g/mol. The Morgan fingerprint density at radius 3 is 1.67 bits per heavy atom. The molecule has 6 aliphatic rings. The normalized spacial score (nSPS) is 13.2. The summed E-state index contributed by atoms with van der Waals surface area (Å²) in [6.07, 6.45) is 39.8. The van der Waals surface area contributed by atoms with Gasteiger partial charge in [0.25, 0.3) is 5.78 Å². The van der Waals surface area contributed by atoms with Gasteiger partial charge in [-0.15, -0.1) is 22.7 Å². The molecular formula is C116H138FN15OS2. The van der Waals surface area contributed by atoms with Crippen molar-refractivity contribution in [2.45, 2.75) is 234 Å². The molecule has 135 heavy (non-hydrogen) atoms. The van der Waals surface area contributed by atoms with E-state index < -0.39 is 0 Å². The van der Waals surface area contributed by atoms with Crippen LogP contribution in [-0.2, 0) is 45.6 Å². The van der Waals surface area contributed by atoms with E-state index in [-0.39, 0.29) is 11.7 Å². The number of halogens is 1. The number of benzene rings is 4. The highest BCUT2D eigenvalue weighted by atomic mass is 32.1. The van der Waals surface area contributed by atoms with E-state index in [9.17, 15) is 4.39 Å². The fourth-order valence-electron chi connectivity index (χ4n) is 16.7. The zero-order chi connectivity index (χ0) is 96.8. The number of hydrogen-bond donors (Lipinski definition) is 1. The van der Waals surface area contributed by atoms with Gasteiger partial charge < -0.3 is 4.42 Å². The first-order valence-corrected chi connectivity index (χ1v) is 49.7. The quantitative estimate of drug-likeness (QED) is 0.129. The Labute approximate surface area is 808 Å². The lowest BCUT2D eigenvalue weighted by atomic mass is 10.0. The van der Waals surface area contributed by atoms with Gasteiger partial charge in [-0.25, -0.2) is 13.9 Å². The smallest absolute Gasteiger partial charge is 0.252 e. The van der Waals surface area contributed by atoms with Crippen LogP contribution in [0.15, 0.2) is 239 Å². The number of para-hydroxylation sites is 3. The summed E-state index contributed by atoms with van der Waals surface area (Å²) in [6.45, 7) is 52.5.